The summed E-state index contributed by atoms with van der Waals surface area (Å²) in [7, 11) is 0. The Morgan fingerprint density at radius 2 is 2.19 bits per heavy atom. The number of rotatable bonds is 7. The Kier molecular flexibility index (Phi) is 6.62. The van der Waals surface area contributed by atoms with Crippen LogP contribution in [0.5, 0.6) is 0 Å². The summed E-state index contributed by atoms with van der Waals surface area (Å²) < 4.78 is 5.32. The van der Waals surface area contributed by atoms with Crippen molar-refractivity contribution >= 4 is 28.9 Å². The Morgan fingerprint density at radius 1 is 1.27 bits per heavy atom. The quantitative estimate of drug-likeness (QED) is 0.475. The predicted octanol–water partition coefficient (Wildman–Crippen LogP) is 3.75. The van der Waals surface area contributed by atoms with Crippen molar-refractivity contribution in [3.05, 3.63) is 57.6 Å². The molecule has 3 rings (SSSR count). The van der Waals surface area contributed by atoms with Gasteiger partial charge < -0.3 is 15.2 Å². The summed E-state index contributed by atoms with van der Waals surface area (Å²) in [6.45, 7) is 4.15. The third kappa shape index (κ3) is 5.31. The molecule has 0 radical (unpaired) electrons. The van der Waals surface area contributed by atoms with Gasteiger partial charge in [0.15, 0.2) is 5.96 Å². The van der Waals surface area contributed by atoms with Crippen LogP contribution in [-0.4, -0.2) is 29.2 Å². The van der Waals surface area contributed by atoms with Crippen molar-refractivity contribution in [2.75, 3.05) is 13.1 Å². The van der Waals surface area contributed by atoms with Gasteiger partial charge in [0.05, 0.1) is 6.54 Å². The van der Waals surface area contributed by atoms with Crippen molar-refractivity contribution in [2.45, 2.75) is 19.9 Å². The van der Waals surface area contributed by atoms with E-state index in [0.29, 0.717) is 36.2 Å². The van der Waals surface area contributed by atoms with Gasteiger partial charge in [-0.15, -0.1) is 11.3 Å². The zero-order valence-electron chi connectivity index (χ0n) is 14.4. The molecule has 0 aliphatic heterocycles. The van der Waals surface area contributed by atoms with E-state index >= 15 is 0 Å². The predicted molar refractivity (Wildman–Crippen MR) is 106 cm³/mol. The zero-order chi connectivity index (χ0) is 18.2. The number of guanidine groups is 1. The van der Waals surface area contributed by atoms with E-state index in [1.165, 1.54) is 4.88 Å². The van der Waals surface area contributed by atoms with Gasteiger partial charge in [0.1, 0.15) is 0 Å². The van der Waals surface area contributed by atoms with Gasteiger partial charge in [-0.3, -0.25) is 0 Å². The maximum atomic E-state index is 6.00. The molecule has 0 saturated heterocycles. The number of nitrogens with one attached hydrogen (secondary N) is 2. The molecule has 0 saturated carbocycles. The Balaban J connectivity index is 1.54. The van der Waals surface area contributed by atoms with Crippen LogP contribution in [0.15, 0.2) is 51.3 Å². The van der Waals surface area contributed by atoms with E-state index in [2.05, 4.69) is 37.2 Å². The van der Waals surface area contributed by atoms with Crippen molar-refractivity contribution in [1.82, 2.24) is 20.8 Å². The van der Waals surface area contributed by atoms with Gasteiger partial charge in [-0.25, -0.2) is 4.99 Å². The maximum Gasteiger partial charge on any atom is 0.228 e. The molecule has 0 bridgehead atoms. The standard InChI is InChI=1S/C18H20ClN5OS/c1-2-20-18(22-12-15-7-4-10-26-15)21-9-8-16-23-17(24-25-16)13-5-3-6-14(19)11-13/h3-7,10-11H,2,8-9,12H2,1H3,(H2,20,21,22). The second-order valence-electron chi connectivity index (χ2n) is 5.47. The number of hydrogen-bond acceptors (Lipinski definition) is 5. The molecule has 0 spiro atoms. The summed E-state index contributed by atoms with van der Waals surface area (Å²) in [5, 5.41) is 13.2. The van der Waals surface area contributed by atoms with Gasteiger partial charge in [-0.2, -0.15) is 4.98 Å². The molecule has 0 aliphatic rings. The van der Waals surface area contributed by atoms with Gasteiger partial charge >= 0.3 is 0 Å². The topological polar surface area (TPSA) is 75.3 Å². The van der Waals surface area contributed by atoms with Crippen LogP contribution in [0.2, 0.25) is 5.02 Å². The molecule has 0 aliphatic carbocycles. The van der Waals surface area contributed by atoms with E-state index in [9.17, 15) is 0 Å². The van der Waals surface area contributed by atoms with Gasteiger partial charge in [-0.1, -0.05) is 35.0 Å². The highest BCUT2D eigenvalue weighted by molar-refractivity contribution is 7.09. The molecule has 1 aromatic carbocycles. The van der Waals surface area contributed by atoms with Crippen LogP contribution in [0.25, 0.3) is 11.4 Å². The number of aliphatic imine (C=N–C) groups is 1. The average molecular weight is 390 g/mol. The van der Waals surface area contributed by atoms with Crippen molar-refractivity contribution < 1.29 is 4.52 Å². The van der Waals surface area contributed by atoms with E-state index in [4.69, 9.17) is 16.1 Å². The van der Waals surface area contributed by atoms with E-state index in [1.54, 1.807) is 11.3 Å². The molecule has 6 nitrogen and oxygen atoms in total. The number of aromatic nitrogens is 2. The minimum atomic E-state index is 0.542. The highest BCUT2D eigenvalue weighted by Gasteiger charge is 2.09. The summed E-state index contributed by atoms with van der Waals surface area (Å²) >= 11 is 7.70. The maximum absolute atomic E-state index is 6.00. The lowest BCUT2D eigenvalue weighted by Crippen LogP contribution is -2.38. The Bertz CT molecular complexity index is 847. The van der Waals surface area contributed by atoms with E-state index in [0.717, 1.165) is 18.1 Å². The molecule has 3 aromatic rings. The summed E-state index contributed by atoms with van der Waals surface area (Å²) in [5.74, 6) is 1.89. The SMILES string of the molecule is CCNC(=NCc1cccs1)NCCc1nc(-c2cccc(Cl)c2)no1. The molecule has 2 aromatic heterocycles. The molecule has 136 valence electrons. The highest BCUT2D eigenvalue weighted by atomic mass is 35.5. The minimum Gasteiger partial charge on any atom is -0.357 e. The molecule has 2 N–H and O–H groups in total. The number of halogens is 1. The second-order valence-corrected chi connectivity index (χ2v) is 6.94. The highest BCUT2D eigenvalue weighted by Crippen LogP contribution is 2.19. The minimum absolute atomic E-state index is 0.542. The normalized spacial score (nSPS) is 11.5. The van der Waals surface area contributed by atoms with Crippen LogP contribution in [0.1, 0.15) is 17.7 Å². The van der Waals surface area contributed by atoms with Crippen LogP contribution in [0, 0.1) is 0 Å². The molecule has 2 heterocycles. The van der Waals surface area contributed by atoms with Crippen LogP contribution < -0.4 is 10.6 Å². The van der Waals surface area contributed by atoms with Crippen molar-refractivity contribution in [1.29, 1.82) is 0 Å². The fourth-order valence-corrected chi connectivity index (χ4v) is 3.11. The van der Waals surface area contributed by atoms with Crippen LogP contribution >= 0.6 is 22.9 Å². The van der Waals surface area contributed by atoms with E-state index in [-0.39, 0.29) is 0 Å². The molecule has 0 fully saturated rings. The van der Waals surface area contributed by atoms with Crippen LogP contribution in [-0.2, 0) is 13.0 Å². The van der Waals surface area contributed by atoms with E-state index in [1.807, 2.05) is 37.3 Å². The molecule has 8 heteroatoms. The zero-order valence-corrected chi connectivity index (χ0v) is 16.0. The van der Waals surface area contributed by atoms with Gasteiger partial charge in [0.2, 0.25) is 11.7 Å². The number of nitrogens with zero attached hydrogens (tertiary/aromatic N) is 3. The monoisotopic (exact) mass is 389 g/mol. The first-order valence-corrected chi connectivity index (χ1v) is 9.63. The van der Waals surface area contributed by atoms with Crippen molar-refractivity contribution in [2.24, 2.45) is 4.99 Å². The molecular weight excluding hydrogens is 370 g/mol. The first kappa shape index (κ1) is 18.4. The molecule has 26 heavy (non-hydrogen) atoms. The molecule has 0 atom stereocenters. The van der Waals surface area contributed by atoms with Crippen LogP contribution in [0.3, 0.4) is 0 Å². The fraction of sp³-hybridized carbons (Fsp3) is 0.278. The van der Waals surface area contributed by atoms with Crippen LogP contribution in [0.4, 0.5) is 0 Å². The summed E-state index contributed by atoms with van der Waals surface area (Å²) in [6, 6.07) is 11.5. The summed E-state index contributed by atoms with van der Waals surface area (Å²) in [5.41, 5.74) is 0.839. The first-order valence-electron chi connectivity index (χ1n) is 8.37. The van der Waals surface area contributed by atoms with Gasteiger partial charge in [0, 0.05) is 35.0 Å². The van der Waals surface area contributed by atoms with E-state index < -0.39 is 0 Å². The third-order valence-corrected chi connectivity index (χ3v) is 4.60. The third-order valence-electron chi connectivity index (χ3n) is 3.50. The largest absolute Gasteiger partial charge is 0.357 e. The fourth-order valence-electron chi connectivity index (χ4n) is 2.29. The summed E-state index contributed by atoms with van der Waals surface area (Å²) in [6.07, 6.45) is 0.608. The lowest BCUT2D eigenvalue weighted by molar-refractivity contribution is 0.378. The first-order chi connectivity index (χ1) is 12.7. The lowest BCUT2D eigenvalue weighted by Gasteiger charge is -2.09. The Hall–Kier alpha value is -2.38. The average Bonchev–Trinajstić information content (AvgIpc) is 3.32. The smallest absolute Gasteiger partial charge is 0.228 e. The number of thiophene rings is 1. The molecular formula is C18H20ClN5OS. The molecule has 0 unspecified atom stereocenters. The number of benzene rings is 1. The van der Waals surface area contributed by atoms with Crippen molar-refractivity contribution in [3.63, 3.8) is 0 Å². The Morgan fingerprint density at radius 3 is 2.96 bits per heavy atom. The second kappa shape index (κ2) is 9.35. The van der Waals surface area contributed by atoms with Crippen molar-refractivity contribution in [3.8, 4) is 11.4 Å². The Labute approximate surface area is 161 Å². The van der Waals surface area contributed by atoms with Gasteiger partial charge in [-0.05, 0) is 30.5 Å². The summed E-state index contributed by atoms with van der Waals surface area (Å²) in [4.78, 5) is 10.2. The lowest BCUT2D eigenvalue weighted by atomic mass is 10.2. The number of hydrogen-bond donors (Lipinski definition) is 2. The van der Waals surface area contributed by atoms with Gasteiger partial charge in [0.25, 0.3) is 0 Å². The molecule has 0 amide bonds.